The molecule has 1 N–H and O–H groups in total. The number of aromatic nitrogens is 1. The van der Waals surface area contributed by atoms with Crippen LogP contribution in [0.15, 0.2) is 28.8 Å². The molecular weight excluding hydrogens is 320 g/mol. The molecule has 0 saturated heterocycles. The Balaban J connectivity index is 2.11. The highest BCUT2D eigenvalue weighted by atomic mass is 16.5. The summed E-state index contributed by atoms with van der Waals surface area (Å²) in [4.78, 5) is 27.8. The van der Waals surface area contributed by atoms with E-state index in [1.807, 2.05) is 20.8 Å². The Morgan fingerprint density at radius 3 is 2.68 bits per heavy atom. The highest BCUT2D eigenvalue weighted by Crippen LogP contribution is 2.25. The van der Waals surface area contributed by atoms with Crippen molar-refractivity contribution in [2.24, 2.45) is 0 Å². The molecule has 134 valence electrons. The maximum Gasteiger partial charge on any atom is 0.232 e. The molecule has 2 rings (SSSR count). The van der Waals surface area contributed by atoms with Gasteiger partial charge in [-0.05, 0) is 31.5 Å². The maximum absolute atomic E-state index is 11.9. The number of carbonyl (C=O) groups excluding carboxylic acids is 2. The SMILES string of the molecule is CCCC(=O)Nc1ccc(OCc2ncc(C(C)C)o2)c(C(C)=O)c1. The second-order valence-electron chi connectivity index (χ2n) is 6.17. The van der Waals surface area contributed by atoms with Crippen molar-refractivity contribution in [2.45, 2.75) is 53.1 Å². The first-order valence-electron chi connectivity index (χ1n) is 8.43. The van der Waals surface area contributed by atoms with Gasteiger partial charge in [0.1, 0.15) is 11.5 Å². The molecule has 1 aromatic carbocycles. The third-order valence-electron chi connectivity index (χ3n) is 3.61. The maximum atomic E-state index is 11.9. The molecule has 0 saturated carbocycles. The average molecular weight is 344 g/mol. The van der Waals surface area contributed by atoms with Gasteiger partial charge in [0.25, 0.3) is 0 Å². The fraction of sp³-hybridized carbons (Fsp3) is 0.421. The normalized spacial score (nSPS) is 10.8. The second kappa shape index (κ2) is 8.46. The zero-order valence-electron chi connectivity index (χ0n) is 15.1. The first-order valence-corrected chi connectivity index (χ1v) is 8.43. The largest absolute Gasteiger partial charge is 0.483 e. The number of ether oxygens (including phenoxy) is 1. The number of rotatable bonds is 8. The molecule has 0 spiro atoms. The molecule has 0 aliphatic heterocycles. The molecule has 25 heavy (non-hydrogen) atoms. The lowest BCUT2D eigenvalue weighted by molar-refractivity contribution is -0.116. The van der Waals surface area contributed by atoms with E-state index in [-0.39, 0.29) is 24.2 Å². The van der Waals surface area contributed by atoms with Crippen LogP contribution in [-0.2, 0) is 11.4 Å². The van der Waals surface area contributed by atoms with E-state index >= 15 is 0 Å². The number of oxazole rings is 1. The molecule has 0 atom stereocenters. The van der Waals surface area contributed by atoms with Gasteiger partial charge < -0.3 is 14.5 Å². The molecular formula is C19H24N2O4. The Morgan fingerprint density at radius 1 is 1.32 bits per heavy atom. The van der Waals surface area contributed by atoms with Crippen LogP contribution in [0, 0.1) is 0 Å². The van der Waals surface area contributed by atoms with Crippen molar-refractivity contribution in [1.29, 1.82) is 0 Å². The van der Waals surface area contributed by atoms with Crippen LogP contribution in [-0.4, -0.2) is 16.7 Å². The zero-order valence-corrected chi connectivity index (χ0v) is 15.1. The van der Waals surface area contributed by atoms with Crippen LogP contribution in [0.4, 0.5) is 5.69 Å². The van der Waals surface area contributed by atoms with E-state index in [9.17, 15) is 9.59 Å². The first kappa shape index (κ1) is 18.7. The van der Waals surface area contributed by atoms with E-state index in [0.29, 0.717) is 29.3 Å². The molecule has 0 radical (unpaired) electrons. The van der Waals surface area contributed by atoms with E-state index in [0.717, 1.165) is 12.2 Å². The lowest BCUT2D eigenvalue weighted by atomic mass is 10.1. The molecule has 0 aliphatic rings. The lowest BCUT2D eigenvalue weighted by Gasteiger charge is -2.11. The van der Waals surface area contributed by atoms with Crippen LogP contribution in [0.25, 0.3) is 0 Å². The standard InChI is InChI=1S/C19H24N2O4/c1-5-6-18(23)21-14-7-8-16(15(9-14)13(4)22)24-11-19-20-10-17(25-19)12(2)3/h7-10,12H,5-6,11H2,1-4H3,(H,21,23). The number of carbonyl (C=O) groups is 2. The Morgan fingerprint density at radius 2 is 2.08 bits per heavy atom. The Hall–Kier alpha value is -2.63. The summed E-state index contributed by atoms with van der Waals surface area (Å²) >= 11 is 0. The fourth-order valence-electron chi connectivity index (χ4n) is 2.26. The fourth-order valence-corrected chi connectivity index (χ4v) is 2.26. The predicted octanol–water partition coefficient (Wildman–Crippen LogP) is 4.32. The van der Waals surface area contributed by atoms with Crippen LogP contribution in [0.2, 0.25) is 0 Å². The summed E-state index contributed by atoms with van der Waals surface area (Å²) in [7, 11) is 0. The highest BCUT2D eigenvalue weighted by molar-refractivity contribution is 5.99. The van der Waals surface area contributed by atoms with Gasteiger partial charge in [-0.15, -0.1) is 0 Å². The van der Waals surface area contributed by atoms with E-state index in [1.54, 1.807) is 24.4 Å². The Bertz CT molecular complexity index is 750. The van der Waals surface area contributed by atoms with Crippen molar-refractivity contribution in [1.82, 2.24) is 4.98 Å². The second-order valence-corrected chi connectivity index (χ2v) is 6.17. The van der Waals surface area contributed by atoms with E-state index < -0.39 is 0 Å². The molecule has 0 fully saturated rings. The molecule has 2 aromatic rings. The van der Waals surface area contributed by atoms with E-state index in [4.69, 9.17) is 9.15 Å². The number of anilines is 1. The topological polar surface area (TPSA) is 81.4 Å². The van der Waals surface area contributed by atoms with Crippen molar-refractivity contribution in [3.63, 3.8) is 0 Å². The third kappa shape index (κ3) is 5.17. The summed E-state index contributed by atoms with van der Waals surface area (Å²) < 4.78 is 11.3. The van der Waals surface area contributed by atoms with Crippen molar-refractivity contribution in [3.8, 4) is 5.75 Å². The number of amides is 1. The number of hydrogen-bond acceptors (Lipinski definition) is 5. The molecule has 0 unspecified atom stereocenters. The minimum atomic E-state index is -0.142. The minimum Gasteiger partial charge on any atom is -0.483 e. The number of nitrogens with zero attached hydrogens (tertiary/aromatic N) is 1. The van der Waals surface area contributed by atoms with Crippen molar-refractivity contribution in [2.75, 3.05) is 5.32 Å². The predicted molar refractivity (Wildman–Crippen MR) is 94.9 cm³/mol. The Kier molecular flexibility index (Phi) is 6.33. The van der Waals surface area contributed by atoms with Gasteiger partial charge in [-0.25, -0.2) is 4.98 Å². The third-order valence-corrected chi connectivity index (χ3v) is 3.61. The molecule has 1 aromatic heterocycles. The molecule has 0 bridgehead atoms. The zero-order chi connectivity index (χ0) is 18.4. The molecule has 1 amide bonds. The number of nitrogens with one attached hydrogen (secondary N) is 1. The van der Waals surface area contributed by atoms with Crippen molar-refractivity contribution >= 4 is 17.4 Å². The Labute approximate surface area is 147 Å². The quantitative estimate of drug-likeness (QED) is 0.721. The number of ketones is 1. The van der Waals surface area contributed by atoms with Crippen LogP contribution in [0.3, 0.4) is 0 Å². The van der Waals surface area contributed by atoms with Gasteiger partial charge in [-0.1, -0.05) is 20.8 Å². The van der Waals surface area contributed by atoms with Crippen molar-refractivity contribution in [3.05, 3.63) is 41.6 Å². The first-order chi connectivity index (χ1) is 11.9. The van der Waals surface area contributed by atoms with Crippen LogP contribution in [0.1, 0.15) is 68.5 Å². The van der Waals surface area contributed by atoms with E-state index in [2.05, 4.69) is 10.3 Å². The number of benzene rings is 1. The monoisotopic (exact) mass is 344 g/mol. The average Bonchev–Trinajstić information content (AvgIpc) is 3.03. The molecule has 6 heteroatoms. The van der Waals surface area contributed by atoms with Gasteiger partial charge in [0.15, 0.2) is 12.4 Å². The van der Waals surface area contributed by atoms with Gasteiger partial charge in [0.2, 0.25) is 11.8 Å². The molecule has 1 heterocycles. The number of hydrogen-bond donors (Lipinski definition) is 1. The summed E-state index contributed by atoms with van der Waals surface area (Å²) in [6, 6.07) is 5.01. The smallest absolute Gasteiger partial charge is 0.232 e. The van der Waals surface area contributed by atoms with Gasteiger partial charge >= 0.3 is 0 Å². The van der Waals surface area contributed by atoms with Crippen molar-refractivity contribution < 1.29 is 18.7 Å². The van der Waals surface area contributed by atoms with Gasteiger partial charge in [0, 0.05) is 18.0 Å². The summed E-state index contributed by atoms with van der Waals surface area (Å²) in [6.07, 6.45) is 2.89. The summed E-state index contributed by atoms with van der Waals surface area (Å²) in [6.45, 7) is 7.57. The van der Waals surface area contributed by atoms with Crippen LogP contribution >= 0.6 is 0 Å². The van der Waals surface area contributed by atoms with E-state index in [1.165, 1.54) is 6.92 Å². The van der Waals surface area contributed by atoms with Gasteiger partial charge in [-0.2, -0.15) is 0 Å². The van der Waals surface area contributed by atoms with Gasteiger partial charge in [0.05, 0.1) is 11.8 Å². The summed E-state index contributed by atoms with van der Waals surface area (Å²) in [5.74, 6) is 1.71. The molecule has 0 aliphatic carbocycles. The number of Topliss-reactive ketones (excluding diaryl/α,β-unsaturated/α-hetero) is 1. The summed E-state index contributed by atoms with van der Waals surface area (Å²) in [5, 5.41) is 2.78. The lowest BCUT2D eigenvalue weighted by Crippen LogP contribution is -2.11. The van der Waals surface area contributed by atoms with Gasteiger partial charge in [-0.3, -0.25) is 9.59 Å². The van der Waals surface area contributed by atoms with Crippen LogP contribution in [0.5, 0.6) is 5.75 Å². The summed E-state index contributed by atoms with van der Waals surface area (Å²) in [5.41, 5.74) is 0.985. The highest BCUT2D eigenvalue weighted by Gasteiger charge is 2.13. The van der Waals surface area contributed by atoms with Crippen LogP contribution < -0.4 is 10.1 Å². The molecule has 6 nitrogen and oxygen atoms in total. The minimum absolute atomic E-state index is 0.0772.